The maximum absolute atomic E-state index is 3.98. The molecule has 15 heavy (non-hydrogen) atoms. The van der Waals surface area contributed by atoms with Gasteiger partial charge >= 0.3 is 0 Å². The molecule has 0 saturated heterocycles. The summed E-state index contributed by atoms with van der Waals surface area (Å²) in [6, 6.07) is 8.96. The molecule has 1 unspecified atom stereocenters. The van der Waals surface area contributed by atoms with E-state index in [0.717, 1.165) is 6.42 Å². The van der Waals surface area contributed by atoms with Crippen molar-refractivity contribution in [2.75, 3.05) is 0 Å². The summed E-state index contributed by atoms with van der Waals surface area (Å²) in [6.45, 7) is 10.7. The van der Waals surface area contributed by atoms with E-state index >= 15 is 0 Å². The molecular weight excluding hydrogens is 295 g/mol. The van der Waals surface area contributed by atoms with E-state index in [1.165, 1.54) is 14.7 Å². The van der Waals surface area contributed by atoms with Gasteiger partial charge in [-0.25, -0.2) is 0 Å². The lowest BCUT2D eigenvalue weighted by atomic mass is 9.97. The van der Waals surface area contributed by atoms with Crippen LogP contribution >= 0.6 is 22.6 Å². The number of hydrogen-bond acceptors (Lipinski definition) is 0. The summed E-state index contributed by atoms with van der Waals surface area (Å²) in [7, 11) is 0. The Kier molecular flexibility index (Phi) is 4.84. The first-order chi connectivity index (χ1) is 7.00. The van der Waals surface area contributed by atoms with E-state index in [1.807, 2.05) is 0 Å². The molecule has 82 valence electrons. The molecule has 0 saturated carbocycles. The molecule has 0 nitrogen and oxygen atoms in total. The number of rotatable bonds is 4. The number of halogens is 1. The van der Waals surface area contributed by atoms with Crippen LogP contribution in [0.15, 0.2) is 34.4 Å². The molecule has 0 aliphatic rings. The first kappa shape index (κ1) is 12.8. The van der Waals surface area contributed by atoms with Crippen LogP contribution in [0, 0.1) is 5.92 Å². The highest BCUT2D eigenvalue weighted by Crippen LogP contribution is 2.21. The Bertz CT molecular complexity index is 322. The van der Waals surface area contributed by atoms with Gasteiger partial charge in [0.1, 0.15) is 0 Å². The second-order valence-corrected chi connectivity index (χ2v) is 5.83. The maximum Gasteiger partial charge on any atom is -0.00977 e. The first-order valence-corrected chi connectivity index (χ1v) is 6.51. The van der Waals surface area contributed by atoms with E-state index in [1.54, 1.807) is 0 Å². The van der Waals surface area contributed by atoms with Crippen molar-refractivity contribution >= 4 is 22.6 Å². The second-order valence-electron chi connectivity index (χ2n) is 4.45. The van der Waals surface area contributed by atoms with Gasteiger partial charge in [-0.3, -0.25) is 0 Å². The Morgan fingerprint density at radius 2 is 1.73 bits per heavy atom. The van der Waals surface area contributed by atoms with Crippen LogP contribution in [0.25, 0.3) is 0 Å². The van der Waals surface area contributed by atoms with Gasteiger partial charge in [-0.05, 0) is 55.6 Å². The highest BCUT2D eigenvalue weighted by Gasteiger charge is 2.05. The Labute approximate surface area is 107 Å². The monoisotopic (exact) mass is 314 g/mol. The first-order valence-electron chi connectivity index (χ1n) is 5.44. The number of allylic oxidation sites excluding steroid dienone is 1. The molecule has 0 fully saturated rings. The van der Waals surface area contributed by atoms with Crippen LogP contribution in [0.5, 0.6) is 0 Å². The van der Waals surface area contributed by atoms with Gasteiger partial charge in [0, 0.05) is 0 Å². The third-order valence-corrected chi connectivity index (χ3v) is 3.79. The lowest BCUT2D eigenvalue weighted by Gasteiger charge is -2.11. The normalized spacial score (nSPS) is 12.9. The second kappa shape index (κ2) is 5.69. The summed E-state index contributed by atoms with van der Waals surface area (Å²) in [6.07, 6.45) is 1.10. The minimum atomic E-state index is 0.565. The van der Waals surface area contributed by atoms with Gasteiger partial charge in [-0.15, -0.1) is 0 Å². The zero-order valence-corrected chi connectivity index (χ0v) is 11.9. The zero-order chi connectivity index (χ0) is 11.4. The minimum absolute atomic E-state index is 0.565. The van der Waals surface area contributed by atoms with Crippen LogP contribution in [-0.4, -0.2) is 0 Å². The molecule has 1 aromatic carbocycles. The largest absolute Gasteiger partial charge is 0.0894 e. The Morgan fingerprint density at radius 1 is 1.20 bits per heavy atom. The average molecular weight is 314 g/mol. The minimum Gasteiger partial charge on any atom is -0.0894 e. The highest BCUT2D eigenvalue weighted by molar-refractivity contribution is 14.1. The van der Waals surface area contributed by atoms with Crippen molar-refractivity contribution in [1.29, 1.82) is 0 Å². The van der Waals surface area contributed by atoms with Crippen molar-refractivity contribution in [2.24, 2.45) is 5.92 Å². The molecule has 1 rings (SSSR count). The van der Waals surface area contributed by atoms with Crippen LogP contribution in [0.4, 0.5) is 0 Å². The molecule has 0 aliphatic carbocycles. The van der Waals surface area contributed by atoms with Gasteiger partial charge in [-0.2, -0.15) is 0 Å². The standard InChI is InChI=1S/C14H19I/c1-10(2)14-7-5-13(6-8-14)9-11(3)12(4)15/h5-8,10-11H,4,9H2,1-3H3. The van der Waals surface area contributed by atoms with Gasteiger partial charge in [0.25, 0.3) is 0 Å². The molecule has 0 bridgehead atoms. The van der Waals surface area contributed by atoms with Crippen molar-refractivity contribution in [3.8, 4) is 0 Å². The van der Waals surface area contributed by atoms with Crippen molar-refractivity contribution in [3.63, 3.8) is 0 Å². The molecule has 1 aromatic rings. The molecule has 0 radical (unpaired) electrons. The van der Waals surface area contributed by atoms with Crippen LogP contribution in [0.3, 0.4) is 0 Å². The fourth-order valence-corrected chi connectivity index (χ4v) is 1.72. The van der Waals surface area contributed by atoms with E-state index < -0.39 is 0 Å². The van der Waals surface area contributed by atoms with Gasteiger partial charge in [0.15, 0.2) is 0 Å². The van der Waals surface area contributed by atoms with Crippen molar-refractivity contribution in [3.05, 3.63) is 45.6 Å². The third-order valence-electron chi connectivity index (χ3n) is 2.72. The van der Waals surface area contributed by atoms with Gasteiger partial charge in [-0.1, -0.05) is 51.6 Å². The number of benzene rings is 1. The lowest BCUT2D eigenvalue weighted by Crippen LogP contribution is -1.99. The Hall–Kier alpha value is -0.310. The predicted octanol–water partition coefficient (Wildman–Crippen LogP) is 4.94. The lowest BCUT2D eigenvalue weighted by molar-refractivity contribution is 0.719. The molecular formula is C14H19I. The van der Waals surface area contributed by atoms with E-state index in [9.17, 15) is 0 Å². The topological polar surface area (TPSA) is 0 Å². The summed E-state index contributed by atoms with van der Waals surface area (Å²) in [4.78, 5) is 0. The molecule has 0 spiro atoms. The van der Waals surface area contributed by atoms with Gasteiger partial charge < -0.3 is 0 Å². The average Bonchev–Trinajstić information content (AvgIpc) is 2.18. The summed E-state index contributed by atoms with van der Waals surface area (Å²) < 4.78 is 1.24. The third kappa shape index (κ3) is 3.98. The van der Waals surface area contributed by atoms with E-state index in [-0.39, 0.29) is 0 Å². The quantitative estimate of drug-likeness (QED) is 0.691. The summed E-state index contributed by atoms with van der Waals surface area (Å²) in [5, 5.41) is 0. The fourth-order valence-electron chi connectivity index (χ4n) is 1.50. The predicted molar refractivity (Wildman–Crippen MR) is 76.6 cm³/mol. The Balaban J connectivity index is 2.68. The smallest absolute Gasteiger partial charge is 0.00977 e. The SMILES string of the molecule is C=C(I)C(C)Cc1ccc(C(C)C)cc1. The Morgan fingerprint density at radius 3 is 2.13 bits per heavy atom. The van der Waals surface area contributed by atoms with Crippen molar-refractivity contribution in [1.82, 2.24) is 0 Å². The molecule has 0 aromatic heterocycles. The zero-order valence-electron chi connectivity index (χ0n) is 9.76. The fraction of sp³-hybridized carbons (Fsp3) is 0.429. The molecule has 0 aliphatic heterocycles. The van der Waals surface area contributed by atoms with Crippen molar-refractivity contribution < 1.29 is 0 Å². The van der Waals surface area contributed by atoms with E-state index in [4.69, 9.17) is 0 Å². The van der Waals surface area contributed by atoms with Crippen LogP contribution in [0.1, 0.15) is 37.8 Å². The van der Waals surface area contributed by atoms with Crippen LogP contribution in [-0.2, 0) is 6.42 Å². The molecule has 0 amide bonds. The van der Waals surface area contributed by atoms with Gasteiger partial charge in [0.2, 0.25) is 0 Å². The number of hydrogen-bond donors (Lipinski definition) is 0. The maximum atomic E-state index is 3.98. The molecule has 0 heterocycles. The van der Waals surface area contributed by atoms with E-state index in [0.29, 0.717) is 11.8 Å². The summed E-state index contributed by atoms with van der Waals surface area (Å²) >= 11 is 2.32. The van der Waals surface area contributed by atoms with Crippen LogP contribution in [0.2, 0.25) is 0 Å². The molecule has 1 atom stereocenters. The van der Waals surface area contributed by atoms with Gasteiger partial charge in [0.05, 0.1) is 0 Å². The summed E-state index contributed by atoms with van der Waals surface area (Å²) in [5.41, 5.74) is 2.82. The summed E-state index contributed by atoms with van der Waals surface area (Å²) in [5.74, 6) is 1.19. The highest BCUT2D eigenvalue weighted by atomic mass is 127. The molecule has 0 N–H and O–H groups in total. The van der Waals surface area contributed by atoms with Crippen LogP contribution < -0.4 is 0 Å². The van der Waals surface area contributed by atoms with Crippen molar-refractivity contribution in [2.45, 2.75) is 33.1 Å². The van der Waals surface area contributed by atoms with E-state index in [2.05, 4.69) is 74.2 Å². The molecule has 1 heteroatoms.